The molecule has 3 aromatic rings. The molecule has 0 bridgehead atoms. The minimum atomic E-state index is -0.549. The molecule has 0 spiro atoms. The summed E-state index contributed by atoms with van der Waals surface area (Å²) in [6, 6.07) is 8.53. The fraction of sp³-hybridized carbons (Fsp3) is 0.381. The number of hydrogen-bond acceptors (Lipinski definition) is 7. The van der Waals surface area contributed by atoms with Gasteiger partial charge in [0, 0.05) is 36.0 Å². The molecule has 31 heavy (non-hydrogen) atoms. The summed E-state index contributed by atoms with van der Waals surface area (Å²) >= 11 is 0. The molecule has 1 aliphatic heterocycles. The van der Waals surface area contributed by atoms with E-state index >= 15 is 0 Å². The van der Waals surface area contributed by atoms with Gasteiger partial charge >= 0.3 is 7.12 Å². The Morgan fingerprint density at radius 3 is 2.42 bits per heavy atom. The maximum atomic E-state index is 13.1. The second kappa shape index (κ2) is 7.62. The zero-order chi connectivity index (χ0) is 22.4. The Hall–Kier alpha value is -2.98. The third-order valence-electron chi connectivity index (χ3n) is 5.75. The van der Waals surface area contributed by atoms with E-state index < -0.39 is 24.3 Å². The number of nitrogens with one attached hydrogen (secondary N) is 1. The Morgan fingerprint density at radius 1 is 1.10 bits per heavy atom. The summed E-state index contributed by atoms with van der Waals surface area (Å²) in [6.45, 7) is 8.05. The Labute approximate surface area is 180 Å². The predicted molar refractivity (Wildman–Crippen MR) is 116 cm³/mol. The van der Waals surface area contributed by atoms with Crippen LogP contribution in [-0.2, 0) is 16.4 Å². The first-order chi connectivity index (χ1) is 14.6. The molecule has 162 valence electrons. The lowest BCUT2D eigenvalue weighted by Gasteiger charge is -2.32. The second-order valence-corrected chi connectivity index (χ2v) is 8.42. The average molecular weight is 425 g/mol. The molecule has 10 heteroatoms. The van der Waals surface area contributed by atoms with Crippen LogP contribution in [0.25, 0.3) is 11.4 Å². The number of ether oxygens (including phenoxy) is 1. The number of hydrogen-bond donors (Lipinski definition) is 1. The summed E-state index contributed by atoms with van der Waals surface area (Å²) in [5, 5.41) is 7.60. The molecule has 1 fully saturated rings. The third-order valence-corrected chi connectivity index (χ3v) is 5.75. The molecule has 0 radical (unpaired) electrons. The molecule has 0 unspecified atom stereocenters. The minimum Gasteiger partial charge on any atom is -0.497 e. The van der Waals surface area contributed by atoms with Gasteiger partial charge in [-0.1, -0.05) is 6.07 Å². The number of anilines is 2. The van der Waals surface area contributed by atoms with E-state index in [0.717, 1.165) is 11.2 Å². The van der Waals surface area contributed by atoms with E-state index in [1.807, 2.05) is 45.9 Å². The van der Waals surface area contributed by atoms with Gasteiger partial charge in [0.1, 0.15) is 5.75 Å². The SMILES string of the molecule is COc1cc(Nc2nc(-c3ccc(F)nc3)nn2C)ccc1B1OC(C)(C)C(C)(C)O1. The summed E-state index contributed by atoms with van der Waals surface area (Å²) in [4.78, 5) is 8.14. The normalized spacial score (nSPS) is 17.1. The molecule has 0 saturated carbocycles. The van der Waals surface area contributed by atoms with Crippen molar-refractivity contribution in [2.45, 2.75) is 38.9 Å². The van der Waals surface area contributed by atoms with E-state index in [0.29, 0.717) is 23.1 Å². The highest BCUT2D eigenvalue weighted by Gasteiger charge is 2.52. The van der Waals surface area contributed by atoms with Crippen LogP contribution in [0.1, 0.15) is 27.7 Å². The van der Waals surface area contributed by atoms with Crippen molar-refractivity contribution in [1.82, 2.24) is 19.7 Å². The molecule has 1 N–H and O–H groups in total. The van der Waals surface area contributed by atoms with Gasteiger partial charge in [-0.15, -0.1) is 5.10 Å². The monoisotopic (exact) mass is 425 g/mol. The molecule has 1 aliphatic rings. The second-order valence-electron chi connectivity index (χ2n) is 8.42. The Kier molecular flexibility index (Phi) is 5.22. The van der Waals surface area contributed by atoms with Crippen LogP contribution >= 0.6 is 0 Å². The zero-order valence-electron chi connectivity index (χ0n) is 18.4. The van der Waals surface area contributed by atoms with Crippen LogP contribution in [0.3, 0.4) is 0 Å². The fourth-order valence-corrected chi connectivity index (χ4v) is 3.21. The number of pyridine rings is 1. The van der Waals surface area contributed by atoms with Crippen molar-refractivity contribution in [3.63, 3.8) is 0 Å². The lowest BCUT2D eigenvalue weighted by atomic mass is 9.78. The van der Waals surface area contributed by atoms with Gasteiger partial charge in [0.2, 0.25) is 11.9 Å². The van der Waals surface area contributed by atoms with Gasteiger partial charge in [-0.2, -0.15) is 9.37 Å². The molecule has 4 rings (SSSR count). The number of benzene rings is 1. The maximum Gasteiger partial charge on any atom is 0.498 e. The van der Waals surface area contributed by atoms with Crippen molar-refractivity contribution in [1.29, 1.82) is 0 Å². The lowest BCUT2D eigenvalue weighted by Crippen LogP contribution is -2.41. The summed E-state index contributed by atoms with van der Waals surface area (Å²) in [7, 11) is 2.85. The highest BCUT2D eigenvalue weighted by molar-refractivity contribution is 6.63. The van der Waals surface area contributed by atoms with Crippen LogP contribution in [0.2, 0.25) is 0 Å². The topological polar surface area (TPSA) is 83.3 Å². The number of aromatic nitrogens is 4. The fourth-order valence-electron chi connectivity index (χ4n) is 3.21. The van der Waals surface area contributed by atoms with Gasteiger partial charge in [0.25, 0.3) is 0 Å². The van der Waals surface area contributed by atoms with Crippen molar-refractivity contribution >= 4 is 24.2 Å². The highest BCUT2D eigenvalue weighted by Crippen LogP contribution is 2.37. The molecule has 1 saturated heterocycles. The smallest absolute Gasteiger partial charge is 0.497 e. The maximum absolute atomic E-state index is 13.1. The predicted octanol–water partition coefficient (Wildman–Crippen LogP) is 3.07. The summed E-state index contributed by atoms with van der Waals surface area (Å²) < 4.78 is 32.6. The van der Waals surface area contributed by atoms with Gasteiger partial charge < -0.3 is 19.4 Å². The van der Waals surface area contributed by atoms with E-state index in [1.165, 1.54) is 12.3 Å². The largest absolute Gasteiger partial charge is 0.498 e. The number of rotatable bonds is 5. The molecule has 2 aromatic heterocycles. The third kappa shape index (κ3) is 4.00. The van der Waals surface area contributed by atoms with E-state index in [1.54, 1.807) is 24.9 Å². The lowest BCUT2D eigenvalue weighted by molar-refractivity contribution is 0.00578. The van der Waals surface area contributed by atoms with Crippen molar-refractivity contribution in [2.75, 3.05) is 12.4 Å². The van der Waals surface area contributed by atoms with Gasteiger partial charge in [-0.05, 0) is 45.9 Å². The summed E-state index contributed by atoms with van der Waals surface area (Å²) in [6.07, 6.45) is 1.40. The Morgan fingerprint density at radius 2 is 1.81 bits per heavy atom. The van der Waals surface area contributed by atoms with Crippen LogP contribution in [0.15, 0.2) is 36.5 Å². The molecule has 0 atom stereocenters. The first kappa shape index (κ1) is 21.3. The molecule has 0 aliphatic carbocycles. The van der Waals surface area contributed by atoms with Crippen LogP contribution in [-0.4, -0.2) is 45.2 Å². The molecule has 0 amide bonds. The van der Waals surface area contributed by atoms with Crippen molar-refractivity contribution in [3.8, 4) is 17.1 Å². The van der Waals surface area contributed by atoms with Gasteiger partial charge in [-0.3, -0.25) is 0 Å². The molecular formula is C21H25BFN5O3. The summed E-state index contributed by atoms with van der Waals surface area (Å²) in [5.41, 5.74) is 1.31. The Balaban J connectivity index is 1.57. The number of halogens is 1. The molecule has 8 nitrogen and oxygen atoms in total. The number of aryl methyl sites for hydroxylation is 1. The number of methoxy groups -OCH3 is 1. The first-order valence-corrected chi connectivity index (χ1v) is 9.93. The van der Waals surface area contributed by atoms with Crippen LogP contribution in [0.5, 0.6) is 5.75 Å². The van der Waals surface area contributed by atoms with Crippen molar-refractivity contribution in [3.05, 3.63) is 42.5 Å². The summed E-state index contributed by atoms with van der Waals surface area (Å²) in [5.74, 6) is 1.05. The molecule has 3 heterocycles. The Bertz CT molecular complexity index is 1080. The van der Waals surface area contributed by atoms with E-state index in [4.69, 9.17) is 14.0 Å². The zero-order valence-corrected chi connectivity index (χ0v) is 18.4. The van der Waals surface area contributed by atoms with Gasteiger partial charge in [0.05, 0.1) is 18.3 Å². The van der Waals surface area contributed by atoms with Crippen LogP contribution in [0.4, 0.5) is 16.0 Å². The van der Waals surface area contributed by atoms with Crippen molar-refractivity contribution < 1.29 is 18.4 Å². The minimum absolute atomic E-state index is 0.441. The average Bonchev–Trinajstić information content (AvgIpc) is 3.17. The number of nitrogens with zero attached hydrogens (tertiary/aromatic N) is 4. The van der Waals surface area contributed by atoms with E-state index in [2.05, 4.69) is 20.4 Å². The van der Waals surface area contributed by atoms with Crippen LogP contribution in [0, 0.1) is 5.95 Å². The highest BCUT2D eigenvalue weighted by atomic mass is 19.1. The van der Waals surface area contributed by atoms with E-state index in [-0.39, 0.29) is 0 Å². The van der Waals surface area contributed by atoms with Gasteiger partial charge in [-0.25, -0.2) is 9.67 Å². The molecular weight excluding hydrogens is 400 g/mol. The molecule has 1 aromatic carbocycles. The van der Waals surface area contributed by atoms with Crippen molar-refractivity contribution in [2.24, 2.45) is 7.05 Å². The van der Waals surface area contributed by atoms with Gasteiger partial charge in [0.15, 0.2) is 5.82 Å². The standard InChI is InChI=1S/C21H25BFN5O3/c1-20(2)21(3,4)31-22(30-20)15-9-8-14(11-16(15)29-6)25-19-26-18(27-28(19)5)13-7-10-17(23)24-12-13/h7-12H,1-6H3,(H,25,26,27). The van der Waals surface area contributed by atoms with Crippen LogP contribution < -0.4 is 15.5 Å². The quantitative estimate of drug-likeness (QED) is 0.497. The van der Waals surface area contributed by atoms with E-state index in [9.17, 15) is 4.39 Å². The first-order valence-electron chi connectivity index (χ1n) is 9.93.